The summed E-state index contributed by atoms with van der Waals surface area (Å²) in [7, 11) is 3.25. The Labute approximate surface area is 120 Å². The molecule has 5 heteroatoms. The van der Waals surface area contributed by atoms with Crippen LogP contribution in [0.5, 0.6) is 11.5 Å². The Balaban J connectivity index is 2.46. The van der Waals surface area contributed by atoms with Crippen molar-refractivity contribution in [2.75, 3.05) is 40.4 Å². The maximum Gasteiger partial charge on any atom is 0.135 e. The third kappa shape index (κ3) is 2.58. The fourth-order valence-corrected chi connectivity index (χ4v) is 2.61. The van der Waals surface area contributed by atoms with Crippen molar-refractivity contribution in [3.63, 3.8) is 0 Å². The molecule has 0 spiro atoms. The smallest absolute Gasteiger partial charge is 0.135 e. The Kier molecular flexibility index (Phi) is 4.48. The van der Waals surface area contributed by atoms with E-state index < -0.39 is 5.54 Å². The first-order valence-corrected chi connectivity index (χ1v) is 6.75. The molecule has 1 heterocycles. The van der Waals surface area contributed by atoms with Crippen LogP contribution >= 0.6 is 0 Å². The molecule has 1 saturated heterocycles. The zero-order valence-electron chi connectivity index (χ0n) is 12.3. The molecule has 0 aromatic heterocycles. The van der Waals surface area contributed by atoms with E-state index in [1.165, 1.54) is 0 Å². The van der Waals surface area contributed by atoms with Gasteiger partial charge in [-0.15, -0.1) is 0 Å². The van der Waals surface area contributed by atoms with E-state index in [9.17, 15) is 5.26 Å². The molecule has 1 atom stereocenters. The fraction of sp³-hybridized carbons (Fsp3) is 0.533. The van der Waals surface area contributed by atoms with Gasteiger partial charge in [0.25, 0.3) is 0 Å². The van der Waals surface area contributed by atoms with Gasteiger partial charge in [-0.05, 0) is 25.1 Å². The topological polar surface area (TPSA) is 57.5 Å². The molecule has 1 aliphatic heterocycles. The van der Waals surface area contributed by atoms with E-state index in [-0.39, 0.29) is 0 Å². The molecule has 1 fully saturated rings. The van der Waals surface area contributed by atoms with Crippen LogP contribution in [0.25, 0.3) is 0 Å². The lowest BCUT2D eigenvalue weighted by molar-refractivity contribution is 0.129. The molecule has 0 aliphatic carbocycles. The van der Waals surface area contributed by atoms with E-state index in [2.05, 4.69) is 16.3 Å². The van der Waals surface area contributed by atoms with Crippen molar-refractivity contribution >= 4 is 0 Å². The Morgan fingerprint density at radius 3 is 2.50 bits per heavy atom. The number of benzene rings is 1. The van der Waals surface area contributed by atoms with Gasteiger partial charge < -0.3 is 14.8 Å². The van der Waals surface area contributed by atoms with Gasteiger partial charge in [0.2, 0.25) is 0 Å². The van der Waals surface area contributed by atoms with Gasteiger partial charge in [0.15, 0.2) is 0 Å². The second-order valence-corrected chi connectivity index (χ2v) is 4.99. The van der Waals surface area contributed by atoms with Crippen LogP contribution in [0, 0.1) is 11.3 Å². The van der Waals surface area contributed by atoms with Crippen LogP contribution < -0.4 is 14.8 Å². The van der Waals surface area contributed by atoms with Crippen LogP contribution in [-0.4, -0.2) is 45.3 Å². The number of methoxy groups -OCH3 is 2. The molecule has 0 radical (unpaired) electrons. The molecule has 0 saturated carbocycles. The van der Waals surface area contributed by atoms with E-state index >= 15 is 0 Å². The number of rotatable bonds is 4. The Hall–Kier alpha value is -1.77. The number of nitriles is 1. The molecule has 1 aromatic rings. The summed E-state index contributed by atoms with van der Waals surface area (Å²) in [4.78, 5) is 2.18. The van der Waals surface area contributed by atoms with E-state index in [1.807, 2.05) is 25.1 Å². The summed E-state index contributed by atoms with van der Waals surface area (Å²) in [6.45, 7) is 5.40. The number of nitrogens with one attached hydrogen (secondary N) is 1. The molecule has 108 valence electrons. The Bertz CT molecular complexity index is 506. The lowest BCUT2D eigenvalue weighted by atomic mass is 9.89. The second-order valence-electron chi connectivity index (χ2n) is 4.99. The number of ether oxygens (including phenoxy) is 2. The van der Waals surface area contributed by atoms with Crippen LogP contribution in [0.2, 0.25) is 0 Å². The third-order valence-corrected chi connectivity index (χ3v) is 3.90. The van der Waals surface area contributed by atoms with Gasteiger partial charge in [-0.2, -0.15) is 5.26 Å². The highest BCUT2D eigenvalue weighted by atomic mass is 16.5. The van der Waals surface area contributed by atoms with Gasteiger partial charge in [-0.1, -0.05) is 0 Å². The zero-order valence-corrected chi connectivity index (χ0v) is 12.3. The van der Waals surface area contributed by atoms with Crippen molar-refractivity contribution in [1.29, 1.82) is 5.26 Å². The number of piperazine rings is 1. The van der Waals surface area contributed by atoms with Crippen LogP contribution in [0.15, 0.2) is 18.2 Å². The highest BCUT2D eigenvalue weighted by Crippen LogP contribution is 2.37. The van der Waals surface area contributed by atoms with E-state index in [0.717, 1.165) is 37.5 Å². The molecule has 1 unspecified atom stereocenters. The van der Waals surface area contributed by atoms with Crippen molar-refractivity contribution in [3.8, 4) is 17.6 Å². The van der Waals surface area contributed by atoms with Gasteiger partial charge in [0.05, 0.1) is 20.3 Å². The third-order valence-electron chi connectivity index (χ3n) is 3.90. The molecule has 5 nitrogen and oxygen atoms in total. The van der Waals surface area contributed by atoms with Crippen LogP contribution in [0.4, 0.5) is 0 Å². The molecule has 0 amide bonds. The lowest BCUT2D eigenvalue weighted by Gasteiger charge is -2.39. The highest BCUT2D eigenvalue weighted by Gasteiger charge is 2.37. The summed E-state index contributed by atoms with van der Waals surface area (Å²) in [5.74, 6) is 1.45. The molecule has 1 N–H and O–H groups in total. The maximum atomic E-state index is 9.77. The normalized spacial score (nSPS) is 18.9. The predicted molar refractivity (Wildman–Crippen MR) is 77.0 cm³/mol. The molecule has 2 rings (SSSR count). The summed E-state index contributed by atoms with van der Waals surface area (Å²) in [5.41, 5.74) is 0.130. The van der Waals surface area contributed by atoms with Crippen LogP contribution in [0.3, 0.4) is 0 Å². The van der Waals surface area contributed by atoms with E-state index in [0.29, 0.717) is 5.75 Å². The molecule has 0 bridgehead atoms. The number of nitrogens with zero attached hydrogens (tertiary/aromatic N) is 2. The average molecular weight is 275 g/mol. The van der Waals surface area contributed by atoms with Gasteiger partial charge >= 0.3 is 0 Å². The quantitative estimate of drug-likeness (QED) is 0.899. The van der Waals surface area contributed by atoms with Crippen molar-refractivity contribution in [2.45, 2.75) is 12.5 Å². The first-order valence-electron chi connectivity index (χ1n) is 6.75. The minimum atomic E-state index is -0.720. The summed E-state index contributed by atoms with van der Waals surface area (Å²) >= 11 is 0. The largest absolute Gasteiger partial charge is 0.497 e. The van der Waals surface area contributed by atoms with Crippen molar-refractivity contribution in [2.24, 2.45) is 0 Å². The van der Waals surface area contributed by atoms with Gasteiger partial charge in [0.1, 0.15) is 17.0 Å². The zero-order chi connectivity index (χ0) is 14.6. The van der Waals surface area contributed by atoms with Crippen LogP contribution in [-0.2, 0) is 5.54 Å². The Morgan fingerprint density at radius 2 is 1.95 bits per heavy atom. The van der Waals surface area contributed by atoms with Crippen molar-refractivity contribution in [1.82, 2.24) is 10.2 Å². The number of hydrogen-bond donors (Lipinski definition) is 1. The Morgan fingerprint density at radius 1 is 1.25 bits per heavy atom. The standard InChI is InChI=1S/C15H21N3O2/c1-15(11-16,18-8-6-17-7-9-18)13-10-12(19-2)4-5-14(13)20-3/h4-5,10,17H,6-9H2,1-3H3. The van der Waals surface area contributed by atoms with Crippen molar-refractivity contribution < 1.29 is 9.47 Å². The predicted octanol–water partition coefficient (Wildman–Crippen LogP) is 1.35. The fourth-order valence-electron chi connectivity index (χ4n) is 2.61. The molecule has 1 aromatic carbocycles. The van der Waals surface area contributed by atoms with E-state index in [1.54, 1.807) is 14.2 Å². The number of hydrogen-bond acceptors (Lipinski definition) is 5. The molecule has 20 heavy (non-hydrogen) atoms. The minimum absolute atomic E-state index is 0.716. The average Bonchev–Trinajstić information content (AvgIpc) is 2.54. The van der Waals surface area contributed by atoms with Gasteiger partial charge in [0, 0.05) is 31.7 Å². The highest BCUT2D eigenvalue weighted by molar-refractivity contribution is 5.47. The first-order chi connectivity index (χ1) is 9.65. The lowest BCUT2D eigenvalue weighted by Crippen LogP contribution is -2.52. The summed E-state index contributed by atoms with van der Waals surface area (Å²) in [5, 5.41) is 13.1. The van der Waals surface area contributed by atoms with Gasteiger partial charge in [-0.25, -0.2) is 0 Å². The van der Waals surface area contributed by atoms with Crippen molar-refractivity contribution in [3.05, 3.63) is 23.8 Å². The summed E-state index contributed by atoms with van der Waals surface area (Å²) in [6.07, 6.45) is 0. The molecular weight excluding hydrogens is 254 g/mol. The minimum Gasteiger partial charge on any atom is -0.497 e. The molecule has 1 aliphatic rings. The van der Waals surface area contributed by atoms with Crippen LogP contribution in [0.1, 0.15) is 12.5 Å². The second kappa shape index (κ2) is 6.12. The maximum absolute atomic E-state index is 9.77. The molecular formula is C15H21N3O2. The first kappa shape index (κ1) is 14.6. The monoisotopic (exact) mass is 275 g/mol. The summed E-state index contributed by atoms with van der Waals surface area (Å²) in [6, 6.07) is 8.04. The summed E-state index contributed by atoms with van der Waals surface area (Å²) < 4.78 is 10.7. The SMILES string of the molecule is COc1ccc(OC)c(C(C)(C#N)N2CCNCC2)c1. The van der Waals surface area contributed by atoms with E-state index in [4.69, 9.17) is 9.47 Å². The van der Waals surface area contributed by atoms with Gasteiger partial charge in [-0.3, -0.25) is 4.90 Å².